The van der Waals surface area contributed by atoms with Crippen LogP contribution in [0.4, 0.5) is 11.4 Å². The van der Waals surface area contributed by atoms with Gasteiger partial charge in [0.15, 0.2) is 0 Å². The van der Waals surface area contributed by atoms with Gasteiger partial charge >= 0.3 is 0 Å². The Morgan fingerprint density at radius 2 is 2.21 bits per heavy atom. The van der Waals surface area contributed by atoms with Gasteiger partial charge in [-0.2, -0.15) is 0 Å². The van der Waals surface area contributed by atoms with E-state index in [4.69, 9.17) is 18.0 Å². The largest absolute Gasteiger partial charge is 0.389 e. The van der Waals surface area contributed by atoms with Gasteiger partial charge in [0.1, 0.15) is 4.99 Å². The van der Waals surface area contributed by atoms with Crippen LogP contribution >= 0.6 is 24.0 Å². The van der Waals surface area contributed by atoms with Gasteiger partial charge in [0, 0.05) is 22.3 Å². The number of thiocarbonyl (C=S) groups is 1. The minimum Gasteiger partial charge on any atom is -0.389 e. The van der Waals surface area contributed by atoms with E-state index in [1.54, 1.807) is 24.2 Å². The van der Waals surface area contributed by atoms with Gasteiger partial charge in [-0.25, -0.2) is 0 Å². The second-order valence-corrected chi connectivity index (χ2v) is 5.59. The van der Waals surface area contributed by atoms with E-state index >= 15 is 0 Å². The Balaban J connectivity index is 2.39. The van der Waals surface area contributed by atoms with Gasteiger partial charge in [0.05, 0.1) is 11.9 Å². The Hall–Kier alpha value is -1.59. The smallest absolute Gasteiger partial charge is 0.107 e. The van der Waals surface area contributed by atoms with Crippen LogP contribution in [0.5, 0.6) is 0 Å². The van der Waals surface area contributed by atoms with E-state index in [1.165, 1.54) is 0 Å². The van der Waals surface area contributed by atoms with Crippen molar-refractivity contribution >= 4 is 40.3 Å². The average Bonchev–Trinajstić information content (AvgIpc) is 2.40. The molecule has 19 heavy (non-hydrogen) atoms. The number of benzene rings is 1. The summed E-state index contributed by atoms with van der Waals surface area (Å²) in [6.45, 7) is 2.11. The zero-order chi connectivity index (χ0) is 13.7. The lowest BCUT2D eigenvalue weighted by Gasteiger charge is -2.14. The first-order chi connectivity index (χ1) is 9.22. The van der Waals surface area contributed by atoms with Gasteiger partial charge in [-0.05, 0) is 30.0 Å². The minimum absolute atomic E-state index is 0.406. The molecule has 0 saturated carbocycles. The first kappa shape index (κ1) is 13.8. The molecular formula is C14H15N3S2. The highest BCUT2D eigenvalue weighted by Gasteiger charge is 2.11. The van der Waals surface area contributed by atoms with E-state index in [0.29, 0.717) is 4.99 Å². The van der Waals surface area contributed by atoms with Crippen molar-refractivity contribution in [2.75, 3.05) is 11.1 Å². The molecular weight excluding hydrogens is 274 g/mol. The van der Waals surface area contributed by atoms with Crippen molar-refractivity contribution in [3.63, 3.8) is 0 Å². The summed E-state index contributed by atoms with van der Waals surface area (Å²) in [4.78, 5) is 5.59. The molecule has 0 unspecified atom stereocenters. The molecule has 0 amide bonds. The van der Waals surface area contributed by atoms with Crippen LogP contribution in [0.3, 0.4) is 0 Å². The highest BCUT2D eigenvalue weighted by molar-refractivity contribution is 7.99. The van der Waals surface area contributed by atoms with Crippen molar-refractivity contribution < 1.29 is 0 Å². The van der Waals surface area contributed by atoms with Gasteiger partial charge in [0.2, 0.25) is 0 Å². The molecule has 5 heteroatoms. The Morgan fingerprint density at radius 3 is 2.84 bits per heavy atom. The Bertz CT molecular complexity index is 570. The molecule has 1 heterocycles. The van der Waals surface area contributed by atoms with E-state index in [0.717, 1.165) is 27.6 Å². The predicted molar refractivity (Wildman–Crippen MR) is 86.2 cm³/mol. The summed E-state index contributed by atoms with van der Waals surface area (Å²) < 4.78 is 0. The van der Waals surface area contributed by atoms with Crippen LogP contribution in [-0.2, 0) is 0 Å². The number of hydrogen-bond acceptors (Lipinski definition) is 4. The van der Waals surface area contributed by atoms with E-state index in [9.17, 15) is 0 Å². The highest BCUT2D eigenvalue weighted by Crippen LogP contribution is 2.30. The molecule has 0 spiro atoms. The zero-order valence-electron chi connectivity index (χ0n) is 10.6. The van der Waals surface area contributed by atoms with Gasteiger partial charge in [0.25, 0.3) is 0 Å². The molecule has 3 nitrogen and oxygen atoms in total. The van der Waals surface area contributed by atoms with Crippen molar-refractivity contribution in [3.8, 4) is 0 Å². The summed E-state index contributed by atoms with van der Waals surface area (Å²) in [5.41, 5.74) is 8.59. The molecule has 0 bridgehead atoms. The quantitative estimate of drug-likeness (QED) is 0.651. The molecule has 1 aromatic carbocycles. The van der Waals surface area contributed by atoms with Crippen molar-refractivity contribution in [1.29, 1.82) is 0 Å². The molecule has 0 aliphatic heterocycles. The van der Waals surface area contributed by atoms with Crippen molar-refractivity contribution in [3.05, 3.63) is 48.3 Å². The van der Waals surface area contributed by atoms with Crippen LogP contribution < -0.4 is 11.1 Å². The maximum absolute atomic E-state index is 5.86. The molecule has 98 valence electrons. The number of nitrogens with two attached hydrogens (primary N) is 1. The van der Waals surface area contributed by atoms with E-state index in [2.05, 4.69) is 17.2 Å². The molecule has 0 aliphatic carbocycles. The van der Waals surface area contributed by atoms with E-state index in [-0.39, 0.29) is 0 Å². The second kappa shape index (κ2) is 6.54. The Morgan fingerprint density at radius 1 is 1.37 bits per heavy atom. The lowest BCUT2D eigenvalue weighted by molar-refractivity contribution is 1.31. The molecule has 3 N–H and O–H groups in total. The first-order valence-corrected chi connectivity index (χ1v) is 7.34. The number of anilines is 2. The minimum atomic E-state index is 0.406. The van der Waals surface area contributed by atoms with E-state index in [1.807, 2.05) is 30.3 Å². The fourth-order valence-electron chi connectivity index (χ4n) is 1.76. The van der Waals surface area contributed by atoms with Crippen molar-refractivity contribution in [2.24, 2.45) is 5.73 Å². The molecule has 2 aromatic rings. The number of nitrogens with one attached hydrogen (secondary N) is 1. The molecule has 2 rings (SSSR count). The summed E-state index contributed by atoms with van der Waals surface area (Å²) in [7, 11) is 0. The van der Waals surface area contributed by atoms with Gasteiger partial charge in [-0.1, -0.05) is 25.2 Å². The number of pyridine rings is 1. The fraction of sp³-hybridized carbons (Fsp3) is 0.143. The number of nitrogens with zero attached hydrogens (tertiary/aromatic N) is 1. The molecule has 0 radical (unpaired) electrons. The van der Waals surface area contributed by atoms with Crippen molar-refractivity contribution in [1.82, 2.24) is 4.98 Å². The average molecular weight is 289 g/mol. The third-order valence-corrected chi connectivity index (χ3v) is 3.66. The molecule has 1 aromatic heterocycles. The highest BCUT2D eigenvalue weighted by atomic mass is 32.2. The molecule has 0 aliphatic rings. The van der Waals surface area contributed by atoms with E-state index < -0.39 is 0 Å². The van der Waals surface area contributed by atoms with Crippen LogP contribution in [0.15, 0.2) is 47.6 Å². The van der Waals surface area contributed by atoms with Crippen LogP contribution in [0.2, 0.25) is 0 Å². The molecule has 0 atom stereocenters. The summed E-state index contributed by atoms with van der Waals surface area (Å²) in [6, 6.07) is 9.85. The number of aromatic nitrogens is 1. The van der Waals surface area contributed by atoms with Gasteiger partial charge in [-0.3, -0.25) is 4.98 Å². The zero-order valence-corrected chi connectivity index (χ0v) is 12.2. The van der Waals surface area contributed by atoms with Gasteiger partial charge in [-0.15, -0.1) is 11.8 Å². The van der Waals surface area contributed by atoms with Crippen LogP contribution in [0.1, 0.15) is 12.5 Å². The number of hydrogen-bond donors (Lipinski definition) is 2. The summed E-state index contributed by atoms with van der Waals surface area (Å²) >= 11 is 6.91. The Labute approximate surface area is 122 Å². The summed E-state index contributed by atoms with van der Waals surface area (Å²) in [6.07, 6.45) is 3.51. The van der Waals surface area contributed by atoms with Crippen LogP contribution in [0, 0.1) is 0 Å². The molecule has 0 saturated heterocycles. The third-order valence-electron chi connectivity index (χ3n) is 2.51. The first-order valence-electron chi connectivity index (χ1n) is 5.95. The number of thioether (sulfide) groups is 1. The maximum atomic E-state index is 5.86. The van der Waals surface area contributed by atoms with Crippen molar-refractivity contribution in [2.45, 2.75) is 11.8 Å². The normalized spacial score (nSPS) is 10.2. The fourth-order valence-corrected chi connectivity index (χ4v) is 2.89. The lowest BCUT2D eigenvalue weighted by Crippen LogP contribution is -2.13. The topological polar surface area (TPSA) is 50.9 Å². The summed E-state index contributed by atoms with van der Waals surface area (Å²) in [5, 5.41) is 3.31. The number of rotatable bonds is 5. The third kappa shape index (κ3) is 3.45. The Kier molecular flexibility index (Phi) is 4.76. The van der Waals surface area contributed by atoms with Gasteiger partial charge < -0.3 is 11.1 Å². The molecule has 0 fully saturated rings. The SMILES string of the molecule is CCSc1cccc(Nc2cccnc2)c1C(N)=S. The maximum Gasteiger partial charge on any atom is 0.107 e. The lowest BCUT2D eigenvalue weighted by atomic mass is 10.1. The van der Waals surface area contributed by atoms with Crippen LogP contribution in [-0.4, -0.2) is 15.7 Å². The summed E-state index contributed by atoms with van der Waals surface area (Å²) in [5.74, 6) is 0.978. The second-order valence-electron chi connectivity index (χ2n) is 3.84. The predicted octanol–water partition coefficient (Wildman–Crippen LogP) is 3.57. The standard InChI is InChI=1S/C14H15N3S2/c1-2-19-12-7-3-6-11(13(12)14(15)18)17-10-5-4-8-16-9-10/h3-9,17H,2H2,1H3,(H2,15,18). The van der Waals surface area contributed by atoms with Crippen LogP contribution in [0.25, 0.3) is 0 Å². The monoisotopic (exact) mass is 289 g/mol.